The highest BCUT2D eigenvalue weighted by Gasteiger charge is 2.08. The summed E-state index contributed by atoms with van der Waals surface area (Å²) >= 11 is 6.63. The van der Waals surface area contributed by atoms with E-state index in [0.29, 0.717) is 10.7 Å². The SMILES string of the molecule is Nc1snnc1Cn1cc(Cl)c(=O)[nH]c1=O. The monoisotopic (exact) mass is 259 g/mol. The van der Waals surface area contributed by atoms with Crippen molar-refractivity contribution in [2.75, 3.05) is 5.73 Å². The molecule has 0 saturated carbocycles. The fourth-order valence-corrected chi connectivity index (χ4v) is 1.69. The summed E-state index contributed by atoms with van der Waals surface area (Å²) in [5, 5.41) is 4.11. The summed E-state index contributed by atoms with van der Waals surface area (Å²) in [6.45, 7) is 0.123. The molecule has 2 aromatic heterocycles. The zero-order valence-electron chi connectivity index (χ0n) is 7.81. The Morgan fingerprint density at radius 2 is 2.31 bits per heavy atom. The van der Waals surface area contributed by atoms with E-state index in [4.69, 9.17) is 17.3 Å². The maximum atomic E-state index is 11.4. The predicted molar refractivity (Wildman–Crippen MR) is 59.8 cm³/mol. The fourth-order valence-electron chi connectivity index (χ4n) is 1.09. The Morgan fingerprint density at radius 3 is 2.94 bits per heavy atom. The topological polar surface area (TPSA) is 107 Å². The van der Waals surface area contributed by atoms with Crippen LogP contribution in [-0.2, 0) is 6.54 Å². The lowest BCUT2D eigenvalue weighted by molar-refractivity contribution is 0.704. The molecule has 0 atom stereocenters. The third kappa shape index (κ3) is 1.97. The number of hydrogen-bond acceptors (Lipinski definition) is 6. The van der Waals surface area contributed by atoms with Crippen molar-refractivity contribution in [3.8, 4) is 0 Å². The molecule has 0 spiro atoms. The molecule has 0 aliphatic heterocycles. The van der Waals surface area contributed by atoms with Gasteiger partial charge in [0.15, 0.2) is 0 Å². The highest BCUT2D eigenvalue weighted by atomic mass is 35.5. The van der Waals surface area contributed by atoms with Gasteiger partial charge >= 0.3 is 5.69 Å². The first-order chi connectivity index (χ1) is 7.58. The Balaban J connectivity index is 2.43. The molecule has 7 nitrogen and oxygen atoms in total. The molecule has 0 amide bonds. The molecule has 9 heteroatoms. The van der Waals surface area contributed by atoms with Crippen molar-refractivity contribution in [1.29, 1.82) is 0 Å². The molecular formula is C7H6ClN5O2S. The molecule has 0 aromatic carbocycles. The second-order valence-corrected chi connectivity index (χ2v) is 4.14. The highest BCUT2D eigenvalue weighted by Crippen LogP contribution is 2.12. The molecule has 0 radical (unpaired) electrons. The first kappa shape index (κ1) is 10.8. The summed E-state index contributed by atoms with van der Waals surface area (Å²) in [7, 11) is 0. The van der Waals surface area contributed by atoms with Crippen LogP contribution in [0.5, 0.6) is 0 Å². The van der Waals surface area contributed by atoms with Gasteiger partial charge in [0.1, 0.15) is 15.7 Å². The molecular weight excluding hydrogens is 254 g/mol. The van der Waals surface area contributed by atoms with Crippen LogP contribution in [0.4, 0.5) is 5.00 Å². The molecule has 0 bridgehead atoms. The average Bonchev–Trinajstić information content (AvgIpc) is 2.61. The van der Waals surface area contributed by atoms with Gasteiger partial charge in [0.2, 0.25) is 0 Å². The number of nitrogens with two attached hydrogens (primary N) is 1. The lowest BCUT2D eigenvalue weighted by atomic mass is 10.4. The van der Waals surface area contributed by atoms with Gasteiger partial charge in [0.25, 0.3) is 5.56 Å². The van der Waals surface area contributed by atoms with Gasteiger partial charge in [0.05, 0.1) is 6.54 Å². The Kier molecular flexibility index (Phi) is 2.75. The van der Waals surface area contributed by atoms with Gasteiger partial charge in [-0.15, -0.1) is 5.10 Å². The maximum absolute atomic E-state index is 11.4. The lowest BCUT2D eigenvalue weighted by Crippen LogP contribution is -2.30. The van der Waals surface area contributed by atoms with Crippen LogP contribution in [0.2, 0.25) is 5.02 Å². The van der Waals surface area contributed by atoms with Crippen molar-refractivity contribution in [1.82, 2.24) is 19.1 Å². The number of nitrogens with one attached hydrogen (secondary N) is 1. The summed E-state index contributed by atoms with van der Waals surface area (Å²) in [5.74, 6) is 0. The van der Waals surface area contributed by atoms with Crippen molar-refractivity contribution >= 4 is 28.1 Å². The molecule has 2 heterocycles. The number of anilines is 1. The summed E-state index contributed by atoms with van der Waals surface area (Å²) in [6.07, 6.45) is 1.24. The molecule has 2 aromatic rings. The van der Waals surface area contributed by atoms with E-state index in [1.54, 1.807) is 0 Å². The number of H-pyrrole nitrogens is 1. The molecule has 3 N–H and O–H groups in total. The van der Waals surface area contributed by atoms with Crippen molar-refractivity contribution in [3.63, 3.8) is 0 Å². The van der Waals surface area contributed by atoms with Crippen LogP contribution < -0.4 is 17.0 Å². The standard InChI is InChI=1S/C7H6ClN5O2S/c8-3-1-13(7(15)10-6(3)14)2-4-5(9)16-12-11-4/h1H,2,9H2,(H,10,14,15). The summed E-state index contributed by atoms with van der Waals surface area (Å²) < 4.78 is 4.84. The number of rotatable bonds is 2. The van der Waals surface area contributed by atoms with Crippen molar-refractivity contribution in [2.24, 2.45) is 0 Å². The highest BCUT2D eigenvalue weighted by molar-refractivity contribution is 7.09. The van der Waals surface area contributed by atoms with Crippen LogP contribution in [0.3, 0.4) is 0 Å². The van der Waals surface area contributed by atoms with E-state index >= 15 is 0 Å². The van der Waals surface area contributed by atoms with Gasteiger partial charge in [-0.05, 0) is 0 Å². The van der Waals surface area contributed by atoms with E-state index < -0.39 is 11.2 Å². The van der Waals surface area contributed by atoms with Crippen LogP contribution >= 0.6 is 23.1 Å². The third-order valence-electron chi connectivity index (χ3n) is 1.87. The smallest absolute Gasteiger partial charge is 0.328 e. The summed E-state index contributed by atoms with van der Waals surface area (Å²) in [6, 6.07) is 0. The van der Waals surface area contributed by atoms with Crippen LogP contribution in [0, 0.1) is 0 Å². The van der Waals surface area contributed by atoms with Gasteiger partial charge in [-0.2, -0.15) is 0 Å². The zero-order chi connectivity index (χ0) is 11.7. The van der Waals surface area contributed by atoms with Gasteiger partial charge < -0.3 is 5.73 Å². The first-order valence-electron chi connectivity index (χ1n) is 4.14. The molecule has 84 valence electrons. The van der Waals surface area contributed by atoms with Gasteiger partial charge in [0, 0.05) is 17.7 Å². The quantitative estimate of drug-likeness (QED) is 0.768. The predicted octanol–water partition coefficient (Wildman–Crippen LogP) is -0.328. The fraction of sp³-hybridized carbons (Fsp3) is 0.143. The van der Waals surface area contributed by atoms with Gasteiger partial charge in [-0.1, -0.05) is 16.1 Å². The Labute approximate surface area is 97.7 Å². The normalized spacial score (nSPS) is 10.6. The Hall–Kier alpha value is -1.67. The van der Waals surface area contributed by atoms with E-state index in [2.05, 4.69) is 14.6 Å². The van der Waals surface area contributed by atoms with Crippen LogP contribution in [-0.4, -0.2) is 19.1 Å². The van der Waals surface area contributed by atoms with E-state index in [1.807, 2.05) is 0 Å². The summed E-state index contributed by atoms with van der Waals surface area (Å²) in [4.78, 5) is 24.5. The van der Waals surface area contributed by atoms with E-state index in [9.17, 15) is 9.59 Å². The van der Waals surface area contributed by atoms with Crippen molar-refractivity contribution < 1.29 is 0 Å². The molecule has 0 saturated heterocycles. The molecule has 2 rings (SSSR count). The lowest BCUT2D eigenvalue weighted by Gasteiger charge is -2.02. The minimum absolute atomic E-state index is 0.0682. The number of nitrogen functional groups attached to an aromatic ring is 1. The second kappa shape index (κ2) is 4.06. The van der Waals surface area contributed by atoms with E-state index in [1.165, 1.54) is 10.8 Å². The van der Waals surface area contributed by atoms with Crippen molar-refractivity contribution in [3.05, 3.63) is 37.8 Å². The number of halogens is 1. The van der Waals surface area contributed by atoms with Crippen molar-refractivity contribution in [2.45, 2.75) is 6.54 Å². The first-order valence-corrected chi connectivity index (χ1v) is 5.29. The number of aromatic amines is 1. The largest absolute Gasteiger partial charge is 0.388 e. The van der Waals surface area contributed by atoms with Crippen LogP contribution in [0.1, 0.15) is 5.69 Å². The number of hydrogen-bond donors (Lipinski definition) is 2. The number of nitrogens with zero attached hydrogens (tertiary/aromatic N) is 3. The molecule has 16 heavy (non-hydrogen) atoms. The van der Waals surface area contributed by atoms with Crippen LogP contribution in [0.15, 0.2) is 15.8 Å². The second-order valence-electron chi connectivity index (χ2n) is 2.95. The Bertz CT molecular complexity index is 630. The van der Waals surface area contributed by atoms with Gasteiger partial charge in [-0.25, -0.2) is 4.79 Å². The van der Waals surface area contributed by atoms with Crippen LogP contribution in [0.25, 0.3) is 0 Å². The zero-order valence-corrected chi connectivity index (χ0v) is 9.38. The molecule has 0 aliphatic rings. The third-order valence-corrected chi connectivity index (χ3v) is 2.74. The minimum Gasteiger partial charge on any atom is -0.388 e. The van der Waals surface area contributed by atoms with E-state index in [0.717, 1.165) is 11.5 Å². The molecule has 0 aliphatic carbocycles. The minimum atomic E-state index is -0.618. The summed E-state index contributed by atoms with van der Waals surface area (Å²) in [5.41, 5.74) is 4.86. The average molecular weight is 260 g/mol. The Morgan fingerprint density at radius 1 is 1.56 bits per heavy atom. The molecule has 0 unspecified atom stereocenters. The van der Waals surface area contributed by atoms with E-state index in [-0.39, 0.29) is 11.6 Å². The van der Waals surface area contributed by atoms with Gasteiger partial charge in [-0.3, -0.25) is 14.3 Å². The number of aromatic nitrogens is 4. The maximum Gasteiger partial charge on any atom is 0.328 e. The molecule has 0 fully saturated rings.